The lowest BCUT2D eigenvalue weighted by molar-refractivity contribution is -0.384. The summed E-state index contributed by atoms with van der Waals surface area (Å²) in [5.74, 6) is 0. The quantitative estimate of drug-likeness (QED) is 0.669. The molecule has 1 aromatic heterocycles. The molecule has 0 bridgehead atoms. The second kappa shape index (κ2) is 5.32. The van der Waals surface area contributed by atoms with Crippen LogP contribution in [0.4, 0.5) is 11.4 Å². The molecule has 1 heterocycles. The highest BCUT2D eigenvalue weighted by Crippen LogP contribution is 2.32. The second-order valence-electron chi connectivity index (χ2n) is 4.30. The van der Waals surface area contributed by atoms with Crippen molar-refractivity contribution in [3.8, 4) is 0 Å². The maximum Gasteiger partial charge on any atom is 0.288 e. The fourth-order valence-electron chi connectivity index (χ4n) is 1.80. The highest BCUT2D eigenvalue weighted by atomic mass is 35.5. The minimum Gasteiger partial charge on any atom is -0.472 e. The number of rotatable bonds is 4. The van der Waals surface area contributed by atoms with Crippen LogP contribution in [0.1, 0.15) is 24.1 Å². The predicted octanol–water partition coefficient (Wildman–Crippen LogP) is 4.32. The highest BCUT2D eigenvalue weighted by Gasteiger charge is 2.16. The fraction of sp³-hybridized carbons (Fsp3) is 0.231. The number of benzene rings is 1. The lowest BCUT2D eigenvalue weighted by Crippen LogP contribution is -2.07. The molecular formula is C13H13ClN2O3. The second-order valence-corrected chi connectivity index (χ2v) is 4.71. The van der Waals surface area contributed by atoms with Crippen LogP contribution >= 0.6 is 11.6 Å². The van der Waals surface area contributed by atoms with E-state index in [1.54, 1.807) is 25.5 Å². The minimum atomic E-state index is -0.487. The Morgan fingerprint density at radius 1 is 1.47 bits per heavy atom. The summed E-state index contributed by atoms with van der Waals surface area (Å²) in [7, 11) is 0. The van der Waals surface area contributed by atoms with Crippen LogP contribution in [0.2, 0.25) is 5.02 Å². The number of furan rings is 1. The van der Waals surface area contributed by atoms with E-state index in [2.05, 4.69) is 5.32 Å². The lowest BCUT2D eigenvalue weighted by atomic mass is 10.1. The van der Waals surface area contributed by atoms with Crippen molar-refractivity contribution in [1.29, 1.82) is 0 Å². The van der Waals surface area contributed by atoms with Crippen LogP contribution in [0.15, 0.2) is 35.1 Å². The molecule has 0 aliphatic heterocycles. The van der Waals surface area contributed by atoms with E-state index in [4.69, 9.17) is 16.0 Å². The first-order valence-corrected chi connectivity index (χ1v) is 6.10. The first-order chi connectivity index (χ1) is 8.99. The maximum atomic E-state index is 10.8. The number of hydrogen-bond acceptors (Lipinski definition) is 4. The van der Waals surface area contributed by atoms with E-state index in [9.17, 15) is 10.1 Å². The molecule has 0 aliphatic carbocycles. The Hall–Kier alpha value is -2.01. The molecule has 100 valence electrons. The molecule has 0 radical (unpaired) electrons. The summed E-state index contributed by atoms with van der Waals surface area (Å²) >= 11 is 5.90. The van der Waals surface area contributed by atoms with E-state index < -0.39 is 4.92 Å². The van der Waals surface area contributed by atoms with Gasteiger partial charge in [0.25, 0.3) is 5.69 Å². The van der Waals surface area contributed by atoms with Gasteiger partial charge in [-0.15, -0.1) is 0 Å². The van der Waals surface area contributed by atoms with Crippen LogP contribution in [0.5, 0.6) is 0 Å². The van der Waals surface area contributed by atoms with Gasteiger partial charge in [-0.05, 0) is 31.5 Å². The van der Waals surface area contributed by atoms with Crippen molar-refractivity contribution in [3.63, 3.8) is 0 Å². The Labute approximate surface area is 115 Å². The summed E-state index contributed by atoms with van der Waals surface area (Å²) in [5, 5.41) is 14.2. The van der Waals surface area contributed by atoms with Crippen LogP contribution in [-0.2, 0) is 0 Å². The molecule has 1 aromatic carbocycles. The molecule has 19 heavy (non-hydrogen) atoms. The Bertz CT molecular complexity index is 596. The highest BCUT2D eigenvalue weighted by molar-refractivity contribution is 6.33. The van der Waals surface area contributed by atoms with Crippen molar-refractivity contribution in [3.05, 3.63) is 57.0 Å². The maximum absolute atomic E-state index is 10.8. The summed E-state index contributed by atoms with van der Waals surface area (Å²) in [6, 6.07) is 4.92. The van der Waals surface area contributed by atoms with E-state index in [-0.39, 0.29) is 16.8 Å². The van der Waals surface area contributed by atoms with Crippen molar-refractivity contribution in [2.75, 3.05) is 5.32 Å². The van der Waals surface area contributed by atoms with E-state index >= 15 is 0 Å². The molecule has 1 N–H and O–H groups in total. The van der Waals surface area contributed by atoms with Gasteiger partial charge in [-0.2, -0.15) is 0 Å². The summed E-state index contributed by atoms with van der Waals surface area (Å²) < 4.78 is 5.02. The number of halogens is 1. The zero-order valence-electron chi connectivity index (χ0n) is 10.5. The molecule has 6 heteroatoms. The normalized spacial score (nSPS) is 12.2. The van der Waals surface area contributed by atoms with Crippen molar-refractivity contribution >= 4 is 23.0 Å². The first-order valence-electron chi connectivity index (χ1n) is 5.72. The van der Waals surface area contributed by atoms with Gasteiger partial charge in [0.15, 0.2) is 0 Å². The summed E-state index contributed by atoms with van der Waals surface area (Å²) in [4.78, 5) is 10.3. The Morgan fingerprint density at radius 2 is 2.21 bits per heavy atom. The number of nitro benzene ring substituents is 1. The number of hydrogen-bond donors (Lipinski definition) is 1. The minimum absolute atomic E-state index is 0.0231. The zero-order chi connectivity index (χ0) is 14.0. The van der Waals surface area contributed by atoms with E-state index in [1.807, 2.05) is 13.0 Å². The van der Waals surface area contributed by atoms with Gasteiger partial charge < -0.3 is 9.73 Å². The topological polar surface area (TPSA) is 68.3 Å². The number of nitrogens with one attached hydrogen (secondary N) is 1. The average Bonchev–Trinajstić information content (AvgIpc) is 2.86. The predicted molar refractivity (Wildman–Crippen MR) is 73.6 cm³/mol. The molecule has 0 fully saturated rings. The van der Waals surface area contributed by atoms with E-state index in [0.717, 1.165) is 16.8 Å². The fourth-order valence-corrected chi connectivity index (χ4v) is 2.03. The molecular weight excluding hydrogens is 268 g/mol. The molecule has 2 rings (SSSR count). The number of nitro groups is 1. The number of aryl methyl sites for hydroxylation is 1. The summed E-state index contributed by atoms with van der Waals surface area (Å²) in [6.07, 6.45) is 3.25. The van der Waals surface area contributed by atoms with Crippen LogP contribution in [0.25, 0.3) is 0 Å². The standard InChI is InChI=1S/C13H13ClN2O3/c1-8-5-13(16(17)18)11(14)6-12(8)15-9(2)10-3-4-19-7-10/h3-7,9,15H,1-2H3. The van der Waals surface area contributed by atoms with Gasteiger partial charge in [-0.25, -0.2) is 0 Å². The molecule has 5 nitrogen and oxygen atoms in total. The zero-order valence-corrected chi connectivity index (χ0v) is 11.3. The van der Waals surface area contributed by atoms with Gasteiger partial charge in [0.2, 0.25) is 0 Å². The summed E-state index contributed by atoms with van der Waals surface area (Å²) in [6.45, 7) is 3.77. The van der Waals surface area contributed by atoms with Crippen molar-refractivity contribution in [1.82, 2.24) is 0 Å². The van der Waals surface area contributed by atoms with E-state index in [0.29, 0.717) is 0 Å². The third-order valence-corrected chi connectivity index (χ3v) is 3.21. The Balaban J connectivity index is 2.26. The molecule has 0 aliphatic rings. The van der Waals surface area contributed by atoms with Gasteiger partial charge in [-0.3, -0.25) is 10.1 Å². The molecule has 2 aromatic rings. The Morgan fingerprint density at radius 3 is 2.79 bits per heavy atom. The van der Waals surface area contributed by atoms with Gasteiger partial charge in [0.1, 0.15) is 5.02 Å². The first kappa shape index (κ1) is 13.4. The molecule has 0 saturated heterocycles. The average molecular weight is 281 g/mol. The Kier molecular flexibility index (Phi) is 3.76. The molecule has 1 unspecified atom stereocenters. The van der Waals surface area contributed by atoms with Gasteiger partial charge in [-0.1, -0.05) is 11.6 Å². The lowest BCUT2D eigenvalue weighted by Gasteiger charge is -2.16. The molecule has 1 atom stereocenters. The molecule has 0 amide bonds. The monoisotopic (exact) mass is 280 g/mol. The number of anilines is 1. The van der Waals surface area contributed by atoms with Crippen molar-refractivity contribution in [2.45, 2.75) is 19.9 Å². The third kappa shape index (κ3) is 2.88. The molecule has 0 spiro atoms. The van der Waals surface area contributed by atoms with Crippen LogP contribution in [-0.4, -0.2) is 4.92 Å². The molecule has 0 saturated carbocycles. The SMILES string of the molecule is Cc1cc([N+](=O)[O-])c(Cl)cc1NC(C)c1ccoc1. The largest absolute Gasteiger partial charge is 0.472 e. The smallest absolute Gasteiger partial charge is 0.288 e. The van der Waals surface area contributed by atoms with Crippen LogP contribution < -0.4 is 5.32 Å². The van der Waals surface area contributed by atoms with Crippen molar-refractivity contribution < 1.29 is 9.34 Å². The van der Waals surface area contributed by atoms with Gasteiger partial charge >= 0.3 is 0 Å². The van der Waals surface area contributed by atoms with E-state index in [1.165, 1.54) is 6.07 Å². The summed E-state index contributed by atoms with van der Waals surface area (Å²) in [5.41, 5.74) is 2.45. The van der Waals surface area contributed by atoms with Crippen molar-refractivity contribution in [2.24, 2.45) is 0 Å². The van der Waals surface area contributed by atoms with Crippen LogP contribution in [0.3, 0.4) is 0 Å². The van der Waals surface area contributed by atoms with Gasteiger partial charge in [0.05, 0.1) is 23.5 Å². The van der Waals surface area contributed by atoms with Gasteiger partial charge in [0, 0.05) is 17.3 Å². The van der Waals surface area contributed by atoms with Crippen LogP contribution in [0, 0.1) is 17.0 Å². The third-order valence-electron chi connectivity index (χ3n) is 2.91. The number of nitrogens with zero attached hydrogens (tertiary/aromatic N) is 1.